The van der Waals surface area contributed by atoms with Crippen molar-refractivity contribution in [3.8, 4) is 0 Å². The first-order valence-electron chi connectivity index (χ1n) is 5.15. The van der Waals surface area contributed by atoms with Crippen LogP contribution in [-0.2, 0) is 9.59 Å². The molecule has 0 saturated carbocycles. The highest BCUT2D eigenvalue weighted by atomic mass is 79.9. The number of hydrogen-bond donors (Lipinski definition) is 1. The Morgan fingerprint density at radius 1 is 1.59 bits per heavy atom. The van der Waals surface area contributed by atoms with Crippen LogP contribution in [0.4, 0.5) is 5.82 Å². The number of carboxylic acids is 1. The third-order valence-corrected chi connectivity index (χ3v) is 3.60. The molecule has 90 valence electrons. The summed E-state index contributed by atoms with van der Waals surface area (Å²) in [5.41, 5.74) is 0.772. The zero-order valence-corrected chi connectivity index (χ0v) is 10.8. The number of anilines is 1. The molecular formula is C11H11BrN2O3. The Kier molecular flexibility index (Phi) is 3.15. The van der Waals surface area contributed by atoms with Gasteiger partial charge in [-0.15, -0.1) is 0 Å². The Morgan fingerprint density at radius 3 is 2.82 bits per heavy atom. The molecule has 1 aliphatic heterocycles. The SMILES string of the molecule is Cc1nc(N2CC(C(=O)O)CC2=O)ccc1Br. The molecule has 5 nitrogen and oxygen atoms in total. The lowest BCUT2D eigenvalue weighted by atomic mass is 10.1. The number of halogens is 1. The second-order valence-corrected chi connectivity index (χ2v) is 4.83. The Balaban J connectivity index is 2.26. The largest absolute Gasteiger partial charge is 0.481 e. The fraction of sp³-hybridized carbons (Fsp3) is 0.364. The van der Waals surface area contributed by atoms with Gasteiger partial charge < -0.3 is 5.11 Å². The van der Waals surface area contributed by atoms with Gasteiger partial charge in [0.2, 0.25) is 5.91 Å². The Morgan fingerprint density at radius 2 is 2.29 bits per heavy atom. The molecule has 1 saturated heterocycles. The second kappa shape index (κ2) is 4.44. The van der Waals surface area contributed by atoms with E-state index in [1.54, 1.807) is 12.1 Å². The molecule has 1 aliphatic rings. The topological polar surface area (TPSA) is 70.5 Å². The van der Waals surface area contributed by atoms with Crippen LogP contribution in [-0.4, -0.2) is 28.5 Å². The van der Waals surface area contributed by atoms with Crippen molar-refractivity contribution in [2.75, 3.05) is 11.4 Å². The summed E-state index contributed by atoms with van der Waals surface area (Å²) in [5.74, 6) is -1.24. The molecule has 1 amide bonds. The zero-order chi connectivity index (χ0) is 12.6. The van der Waals surface area contributed by atoms with Crippen molar-refractivity contribution in [3.63, 3.8) is 0 Å². The predicted octanol–water partition coefficient (Wildman–Crippen LogP) is 1.59. The minimum absolute atomic E-state index is 0.0477. The number of rotatable bonds is 2. The van der Waals surface area contributed by atoms with Gasteiger partial charge in [0, 0.05) is 17.4 Å². The standard InChI is InChI=1S/C11H11BrN2O3/c1-6-8(12)2-3-9(13-6)14-5-7(11(16)17)4-10(14)15/h2-3,7H,4-5H2,1H3,(H,16,17). The number of nitrogens with zero attached hydrogens (tertiary/aromatic N) is 2. The van der Waals surface area contributed by atoms with Gasteiger partial charge >= 0.3 is 5.97 Å². The van der Waals surface area contributed by atoms with E-state index in [4.69, 9.17) is 5.11 Å². The van der Waals surface area contributed by atoms with Gasteiger partial charge in [-0.2, -0.15) is 0 Å². The average molecular weight is 299 g/mol. The molecule has 0 radical (unpaired) electrons. The van der Waals surface area contributed by atoms with Crippen molar-refractivity contribution in [2.45, 2.75) is 13.3 Å². The maximum Gasteiger partial charge on any atom is 0.308 e. The number of aryl methyl sites for hydroxylation is 1. The lowest BCUT2D eigenvalue weighted by Crippen LogP contribution is -2.26. The summed E-state index contributed by atoms with van der Waals surface area (Å²) in [6, 6.07) is 3.51. The summed E-state index contributed by atoms with van der Waals surface area (Å²) in [6.45, 7) is 2.02. The molecule has 0 spiro atoms. The Labute approximate surface area is 107 Å². The van der Waals surface area contributed by atoms with Crippen LogP contribution in [0.2, 0.25) is 0 Å². The quantitative estimate of drug-likeness (QED) is 0.900. The highest BCUT2D eigenvalue weighted by Gasteiger charge is 2.35. The van der Waals surface area contributed by atoms with E-state index in [0.717, 1.165) is 10.2 Å². The first-order valence-corrected chi connectivity index (χ1v) is 5.94. The molecule has 1 fully saturated rings. The molecule has 1 aromatic heterocycles. The molecule has 2 rings (SSSR count). The summed E-state index contributed by atoms with van der Waals surface area (Å²) in [7, 11) is 0. The molecule has 0 bridgehead atoms. The van der Waals surface area contributed by atoms with Gasteiger partial charge in [0.1, 0.15) is 5.82 Å². The van der Waals surface area contributed by atoms with Crippen molar-refractivity contribution < 1.29 is 14.7 Å². The second-order valence-electron chi connectivity index (χ2n) is 3.98. The number of carbonyl (C=O) groups excluding carboxylic acids is 1. The van der Waals surface area contributed by atoms with Crippen molar-refractivity contribution >= 4 is 33.6 Å². The van der Waals surface area contributed by atoms with Crippen molar-refractivity contribution in [3.05, 3.63) is 22.3 Å². The van der Waals surface area contributed by atoms with E-state index in [0.29, 0.717) is 5.82 Å². The van der Waals surface area contributed by atoms with Crippen LogP contribution >= 0.6 is 15.9 Å². The molecular weight excluding hydrogens is 288 g/mol. The van der Waals surface area contributed by atoms with E-state index in [-0.39, 0.29) is 18.9 Å². The first-order chi connectivity index (χ1) is 7.99. The van der Waals surface area contributed by atoms with Gasteiger partial charge in [0.15, 0.2) is 0 Å². The molecule has 1 aromatic rings. The van der Waals surface area contributed by atoms with Crippen LogP contribution in [0.1, 0.15) is 12.1 Å². The number of pyridine rings is 1. The average Bonchev–Trinajstić information content (AvgIpc) is 2.65. The van der Waals surface area contributed by atoms with E-state index in [1.165, 1.54) is 4.90 Å². The fourth-order valence-corrected chi connectivity index (χ4v) is 2.00. The number of hydrogen-bond acceptors (Lipinski definition) is 3. The number of aliphatic carboxylic acids is 1. The lowest BCUT2D eigenvalue weighted by molar-refractivity contribution is -0.141. The molecule has 0 aliphatic carbocycles. The molecule has 17 heavy (non-hydrogen) atoms. The number of aromatic nitrogens is 1. The van der Waals surface area contributed by atoms with Crippen molar-refractivity contribution in [2.24, 2.45) is 5.92 Å². The van der Waals surface area contributed by atoms with Gasteiger partial charge in [0.25, 0.3) is 0 Å². The van der Waals surface area contributed by atoms with Crippen LogP contribution < -0.4 is 4.90 Å². The third kappa shape index (κ3) is 2.31. The molecule has 0 aromatic carbocycles. The Bertz CT molecular complexity index is 490. The smallest absolute Gasteiger partial charge is 0.308 e. The van der Waals surface area contributed by atoms with E-state index in [1.807, 2.05) is 6.92 Å². The van der Waals surface area contributed by atoms with E-state index in [2.05, 4.69) is 20.9 Å². The van der Waals surface area contributed by atoms with Gasteiger partial charge in [-0.05, 0) is 35.0 Å². The maximum atomic E-state index is 11.7. The van der Waals surface area contributed by atoms with E-state index >= 15 is 0 Å². The maximum absolute atomic E-state index is 11.7. The van der Waals surface area contributed by atoms with Crippen LogP contribution in [0.15, 0.2) is 16.6 Å². The molecule has 1 N–H and O–H groups in total. The summed E-state index contributed by atoms with van der Waals surface area (Å²) < 4.78 is 0.864. The summed E-state index contributed by atoms with van der Waals surface area (Å²) >= 11 is 3.33. The van der Waals surface area contributed by atoms with Crippen LogP contribution in [0.25, 0.3) is 0 Å². The van der Waals surface area contributed by atoms with Gasteiger partial charge in [-0.3, -0.25) is 14.5 Å². The minimum Gasteiger partial charge on any atom is -0.481 e. The molecule has 1 unspecified atom stereocenters. The summed E-state index contributed by atoms with van der Waals surface area (Å²) in [4.78, 5) is 28.2. The summed E-state index contributed by atoms with van der Waals surface area (Å²) in [6.07, 6.45) is 0.0477. The van der Waals surface area contributed by atoms with E-state index in [9.17, 15) is 9.59 Å². The number of carbonyl (C=O) groups is 2. The van der Waals surface area contributed by atoms with Gasteiger partial charge in [0.05, 0.1) is 11.6 Å². The number of carboxylic acid groups (broad SMARTS) is 1. The zero-order valence-electron chi connectivity index (χ0n) is 9.18. The fourth-order valence-electron chi connectivity index (χ4n) is 1.78. The molecule has 6 heteroatoms. The van der Waals surface area contributed by atoms with E-state index < -0.39 is 11.9 Å². The predicted molar refractivity (Wildman–Crippen MR) is 64.8 cm³/mol. The third-order valence-electron chi connectivity index (χ3n) is 2.76. The minimum atomic E-state index is -0.935. The molecule has 2 heterocycles. The molecule has 1 atom stereocenters. The highest BCUT2D eigenvalue weighted by molar-refractivity contribution is 9.10. The lowest BCUT2D eigenvalue weighted by Gasteiger charge is -2.15. The highest BCUT2D eigenvalue weighted by Crippen LogP contribution is 2.25. The van der Waals surface area contributed by atoms with Crippen LogP contribution in [0, 0.1) is 12.8 Å². The van der Waals surface area contributed by atoms with Crippen LogP contribution in [0.3, 0.4) is 0 Å². The van der Waals surface area contributed by atoms with Crippen molar-refractivity contribution in [1.29, 1.82) is 0 Å². The van der Waals surface area contributed by atoms with Crippen molar-refractivity contribution in [1.82, 2.24) is 4.98 Å². The summed E-state index contributed by atoms with van der Waals surface area (Å²) in [5, 5.41) is 8.89. The Hall–Kier alpha value is -1.43. The number of amides is 1. The first kappa shape index (κ1) is 12.0. The van der Waals surface area contributed by atoms with Gasteiger partial charge in [-0.25, -0.2) is 4.98 Å². The van der Waals surface area contributed by atoms with Gasteiger partial charge in [-0.1, -0.05) is 0 Å². The normalized spacial score (nSPS) is 19.8. The van der Waals surface area contributed by atoms with Crippen LogP contribution in [0.5, 0.6) is 0 Å². The monoisotopic (exact) mass is 298 g/mol.